The summed E-state index contributed by atoms with van der Waals surface area (Å²) >= 11 is 2.02. The Morgan fingerprint density at radius 3 is 2.32 bits per heavy atom. The number of aromatic carboxylic acids is 1. The molecule has 1 aromatic carbocycles. The number of benzene rings is 1. The van der Waals surface area contributed by atoms with Crippen LogP contribution in [0.3, 0.4) is 0 Å². The zero-order chi connectivity index (χ0) is 14.8. The zero-order valence-corrected chi connectivity index (χ0v) is 13.5. The molecule has 19 heavy (non-hydrogen) atoms. The summed E-state index contributed by atoms with van der Waals surface area (Å²) in [6, 6.07) is 4.43. The summed E-state index contributed by atoms with van der Waals surface area (Å²) in [5.74, 6) is -0.980. The van der Waals surface area contributed by atoms with Gasteiger partial charge in [0.1, 0.15) is 0 Å². The van der Waals surface area contributed by atoms with Crippen molar-refractivity contribution in [2.24, 2.45) is 0 Å². The minimum Gasteiger partial charge on any atom is -0.478 e. The van der Waals surface area contributed by atoms with E-state index in [1.165, 1.54) is 11.0 Å². The van der Waals surface area contributed by atoms with E-state index in [2.05, 4.69) is 5.32 Å². The van der Waals surface area contributed by atoms with Crippen LogP contribution in [0.2, 0.25) is 0 Å². The Labute approximate surface area is 126 Å². The average Bonchev–Trinajstić information content (AvgIpc) is 2.25. The fourth-order valence-corrected chi connectivity index (χ4v) is 2.30. The maximum Gasteiger partial charge on any atom is 0.335 e. The van der Waals surface area contributed by atoms with Crippen LogP contribution < -0.4 is 10.2 Å². The Kier molecular flexibility index (Phi) is 4.78. The van der Waals surface area contributed by atoms with Gasteiger partial charge < -0.3 is 10.4 Å². The molecule has 0 aliphatic rings. The van der Waals surface area contributed by atoms with Gasteiger partial charge in [-0.2, -0.15) is 0 Å². The lowest BCUT2D eigenvalue weighted by atomic mass is 10.1. The highest BCUT2D eigenvalue weighted by molar-refractivity contribution is 14.1. The van der Waals surface area contributed by atoms with Gasteiger partial charge in [-0.1, -0.05) is 0 Å². The molecular weight excluding hydrogens is 359 g/mol. The van der Waals surface area contributed by atoms with Gasteiger partial charge in [0.25, 0.3) is 0 Å². The van der Waals surface area contributed by atoms with E-state index in [1.807, 2.05) is 43.4 Å². The van der Waals surface area contributed by atoms with E-state index in [0.717, 1.165) is 0 Å². The molecule has 0 saturated carbocycles. The third-order valence-corrected chi connectivity index (χ3v) is 3.21. The van der Waals surface area contributed by atoms with Gasteiger partial charge in [-0.25, -0.2) is 9.59 Å². The number of carbonyl (C=O) groups excluding carboxylic acids is 1. The third kappa shape index (κ3) is 4.38. The molecule has 2 N–H and O–H groups in total. The first-order chi connectivity index (χ1) is 8.61. The van der Waals surface area contributed by atoms with Crippen LogP contribution in [0.4, 0.5) is 10.5 Å². The predicted molar refractivity (Wildman–Crippen MR) is 82.8 cm³/mol. The minimum atomic E-state index is -0.980. The Hall–Kier alpha value is -1.31. The predicted octanol–water partition coefficient (Wildman–Crippen LogP) is 2.93. The van der Waals surface area contributed by atoms with Crippen LogP contribution in [0.25, 0.3) is 0 Å². The number of carbonyl (C=O) groups is 2. The Morgan fingerprint density at radius 2 is 1.89 bits per heavy atom. The number of halogens is 1. The fourth-order valence-electron chi connectivity index (χ4n) is 1.43. The summed E-state index contributed by atoms with van der Waals surface area (Å²) in [5, 5.41) is 11.8. The largest absolute Gasteiger partial charge is 0.478 e. The van der Waals surface area contributed by atoms with Crippen molar-refractivity contribution in [3.05, 3.63) is 27.3 Å². The van der Waals surface area contributed by atoms with E-state index in [0.29, 0.717) is 9.26 Å². The number of carboxylic acid groups (broad SMARTS) is 1. The molecule has 0 unspecified atom stereocenters. The second kappa shape index (κ2) is 5.77. The highest BCUT2D eigenvalue weighted by Gasteiger charge is 2.19. The third-order valence-electron chi connectivity index (χ3n) is 2.34. The lowest BCUT2D eigenvalue weighted by Crippen LogP contribution is -2.47. The molecule has 2 amide bonds. The molecule has 0 fully saturated rings. The summed E-state index contributed by atoms with van der Waals surface area (Å²) in [6.07, 6.45) is 0. The number of urea groups is 1. The van der Waals surface area contributed by atoms with Crippen molar-refractivity contribution >= 4 is 40.3 Å². The number of carboxylic acids is 1. The van der Waals surface area contributed by atoms with Crippen molar-refractivity contribution in [3.8, 4) is 0 Å². The first-order valence-electron chi connectivity index (χ1n) is 5.70. The number of nitrogens with zero attached hydrogens (tertiary/aromatic N) is 1. The Bertz CT molecular complexity index is 509. The molecule has 1 rings (SSSR count). The maximum absolute atomic E-state index is 12.0. The molecule has 0 radical (unpaired) electrons. The number of hydrogen-bond donors (Lipinski definition) is 2. The summed E-state index contributed by atoms with van der Waals surface area (Å²) < 4.78 is 0.712. The van der Waals surface area contributed by atoms with Gasteiger partial charge in [0, 0.05) is 16.2 Å². The van der Waals surface area contributed by atoms with Crippen molar-refractivity contribution in [1.29, 1.82) is 0 Å². The van der Waals surface area contributed by atoms with Gasteiger partial charge >= 0.3 is 12.0 Å². The highest BCUT2D eigenvalue weighted by atomic mass is 127. The second-order valence-electron chi connectivity index (χ2n) is 5.21. The maximum atomic E-state index is 12.0. The standard InChI is InChI=1S/C13H17IN2O3/c1-13(2,3)15-12(19)16(4)10-6-5-8(11(17)18)7-9(10)14/h5-7H,1-4H3,(H,15,19)(H,17,18). The minimum absolute atomic E-state index is 0.206. The lowest BCUT2D eigenvalue weighted by Gasteiger charge is -2.26. The molecule has 1 aromatic rings. The van der Waals surface area contributed by atoms with Gasteiger partial charge in [-0.05, 0) is 61.6 Å². The smallest absolute Gasteiger partial charge is 0.335 e. The van der Waals surface area contributed by atoms with Gasteiger partial charge in [-0.3, -0.25) is 4.90 Å². The topological polar surface area (TPSA) is 69.6 Å². The molecule has 0 aliphatic carbocycles. The molecule has 0 atom stereocenters. The number of hydrogen-bond acceptors (Lipinski definition) is 2. The van der Waals surface area contributed by atoms with Gasteiger partial charge in [0.15, 0.2) is 0 Å². The van der Waals surface area contributed by atoms with Crippen LogP contribution in [0.5, 0.6) is 0 Å². The van der Waals surface area contributed by atoms with Crippen LogP contribution in [0.15, 0.2) is 18.2 Å². The molecule has 0 heterocycles. The van der Waals surface area contributed by atoms with Gasteiger partial charge in [0.05, 0.1) is 11.3 Å². The molecule has 6 heteroatoms. The summed E-state index contributed by atoms with van der Waals surface area (Å²) in [4.78, 5) is 24.4. The van der Waals surface area contributed by atoms with Crippen molar-refractivity contribution in [3.63, 3.8) is 0 Å². The number of anilines is 1. The Balaban J connectivity index is 2.97. The molecule has 104 valence electrons. The Morgan fingerprint density at radius 1 is 1.32 bits per heavy atom. The van der Waals surface area contributed by atoms with Crippen molar-refractivity contribution < 1.29 is 14.7 Å². The number of amides is 2. The summed E-state index contributed by atoms with van der Waals surface area (Å²) in [6.45, 7) is 5.70. The van der Waals surface area contributed by atoms with Gasteiger partial charge in [-0.15, -0.1) is 0 Å². The molecule has 0 aromatic heterocycles. The van der Waals surface area contributed by atoms with Crippen LogP contribution >= 0.6 is 22.6 Å². The quantitative estimate of drug-likeness (QED) is 0.780. The van der Waals surface area contributed by atoms with E-state index >= 15 is 0 Å². The van der Waals surface area contributed by atoms with E-state index < -0.39 is 5.97 Å². The number of rotatable bonds is 2. The molecule has 0 aliphatic heterocycles. The van der Waals surface area contributed by atoms with E-state index in [4.69, 9.17) is 5.11 Å². The van der Waals surface area contributed by atoms with Crippen LogP contribution in [-0.4, -0.2) is 29.7 Å². The lowest BCUT2D eigenvalue weighted by molar-refractivity contribution is 0.0697. The molecule has 0 saturated heterocycles. The van der Waals surface area contributed by atoms with Crippen LogP contribution in [-0.2, 0) is 0 Å². The first kappa shape index (κ1) is 15.7. The van der Waals surface area contributed by atoms with Crippen LogP contribution in [0, 0.1) is 3.57 Å². The van der Waals surface area contributed by atoms with E-state index in [1.54, 1.807) is 19.2 Å². The van der Waals surface area contributed by atoms with E-state index in [-0.39, 0.29) is 17.1 Å². The summed E-state index contributed by atoms with van der Waals surface area (Å²) in [7, 11) is 1.65. The van der Waals surface area contributed by atoms with Crippen molar-refractivity contribution in [2.45, 2.75) is 26.3 Å². The normalized spacial score (nSPS) is 11.0. The monoisotopic (exact) mass is 376 g/mol. The molecule has 5 nitrogen and oxygen atoms in total. The number of nitrogens with one attached hydrogen (secondary N) is 1. The highest BCUT2D eigenvalue weighted by Crippen LogP contribution is 2.23. The molecular formula is C13H17IN2O3. The zero-order valence-electron chi connectivity index (χ0n) is 11.3. The van der Waals surface area contributed by atoms with Crippen molar-refractivity contribution in [1.82, 2.24) is 5.32 Å². The van der Waals surface area contributed by atoms with E-state index in [9.17, 15) is 9.59 Å². The summed E-state index contributed by atoms with van der Waals surface area (Å²) in [5.41, 5.74) is 0.558. The van der Waals surface area contributed by atoms with Gasteiger partial charge in [0.2, 0.25) is 0 Å². The fraction of sp³-hybridized carbons (Fsp3) is 0.385. The second-order valence-corrected chi connectivity index (χ2v) is 6.37. The van der Waals surface area contributed by atoms with Crippen LogP contribution in [0.1, 0.15) is 31.1 Å². The SMILES string of the molecule is CN(C(=O)NC(C)(C)C)c1ccc(C(=O)O)cc1I. The van der Waals surface area contributed by atoms with Crippen molar-refractivity contribution in [2.75, 3.05) is 11.9 Å². The average molecular weight is 376 g/mol. The first-order valence-corrected chi connectivity index (χ1v) is 6.78. The molecule has 0 bridgehead atoms. The molecule has 0 spiro atoms.